The van der Waals surface area contributed by atoms with Gasteiger partial charge >= 0.3 is 0 Å². The van der Waals surface area contributed by atoms with Gasteiger partial charge in [0.05, 0.1) is 22.5 Å². The van der Waals surface area contributed by atoms with Crippen LogP contribution in [0.15, 0.2) is 30.6 Å². The summed E-state index contributed by atoms with van der Waals surface area (Å²) in [7, 11) is 0. The van der Waals surface area contributed by atoms with Crippen LogP contribution in [0.25, 0.3) is 16.8 Å². The first-order valence-corrected chi connectivity index (χ1v) is 9.87. The molecule has 2 amide bonds. The number of nitrogen functional groups attached to an aromatic ring is 1. The van der Waals surface area contributed by atoms with Gasteiger partial charge in [-0.3, -0.25) is 9.59 Å². The molecule has 1 fully saturated rings. The number of piperazine rings is 1. The molecule has 0 aliphatic carbocycles. The van der Waals surface area contributed by atoms with Crippen LogP contribution < -0.4 is 10.6 Å². The Bertz CT molecular complexity index is 1360. The third-order valence-corrected chi connectivity index (χ3v) is 5.78. The maximum absolute atomic E-state index is 13.3. The van der Waals surface area contributed by atoms with Crippen molar-refractivity contribution in [3.63, 3.8) is 0 Å². The van der Waals surface area contributed by atoms with Crippen LogP contribution in [0.2, 0.25) is 0 Å². The molecular weight excluding hydrogens is 408 g/mol. The molecule has 0 unspecified atom stereocenters. The van der Waals surface area contributed by atoms with Crippen LogP contribution in [0, 0.1) is 22.7 Å². The molecule has 1 saturated heterocycles. The molecule has 0 atom stereocenters. The van der Waals surface area contributed by atoms with Gasteiger partial charge in [0.1, 0.15) is 29.5 Å². The summed E-state index contributed by atoms with van der Waals surface area (Å²) in [5.74, 6) is -0.288. The van der Waals surface area contributed by atoms with Gasteiger partial charge in [-0.1, -0.05) is 6.07 Å². The maximum atomic E-state index is 13.3. The van der Waals surface area contributed by atoms with Gasteiger partial charge in [-0.15, -0.1) is 0 Å². The van der Waals surface area contributed by atoms with E-state index in [-0.39, 0.29) is 24.2 Å². The molecule has 3 heterocycles. The molecule has 3 aromatic rings. The number of hydrogen-bond donors (Lipinski definition) is 1. The van der Waals surface area contributed by atoms with Crippen molar-refractivity contribution in [3.8, 4) is 23.4 Å². The molecule has 10 nitrogen and oxygen atoms in total. The van der Waals surface area contributed by atoms with Crippen molar-refractivity contribution in [1.82, 2.24) is 19.5 Å². The number of nitrogens with zero attached hydrogens (tertiary/aromatic N) is 7. The lowest BCUT2D eigenvalue weighted by atomic mass is 9.95. The number of carbonyl (C=O) groups is 2. The van der Waals surface area contributed by atoms with Crippen molar-refractivity contribution < 1.29 is 9.59 Å². The van der Waals surface area contributed by atoms with Crippen molar-refractivity contribution in [2.24, 2.45) is 0 Å². The van der Waals surface area contributed by atoms with Crippen LogP contribution in [0.5, 0.6) is 0 Å². The SMILES string of the molecule is CC(=O)N1CCN(c2cc(-c3cc(C#N)c4c(N)ncnn34)ccc2C#N)C(=O)C1(C)C. The molecule has 2 N–H and O–H groups in total. The van der Waals surface area contributed by atoms with E-state index in [9.17, 15) is 20.1 Å². The number of nitriles is 2. The van der Waals surface area contributed by atoms with Crippen molar-refractivity contribution in [1.29, 1.82) is 10.5 Å². The van der Waals surface area contributed by atoms with Crippen LogP contribution in [0.3, 0.4) is 0 Å². The third-order valence-electron chi connectivity index (χ3n) is 5.78. The Morgan fingerprint density at radius 2 is 1.88 bits per heavy atom. The molecule has 0 bridgehead atoms. The standard InChI is InChI=1S/C22H20N8O2/c1-13(31)29-7-6-28(21(32)22(29,2)3)17-8-14(4-5-15(17)10-23)18-9-16(11-24)19-20(25)26-12-27-30(18)19/h4-5,8-9,12H,6-7H2,1-3H3,(H2,25,26,27). The van der Waals surface area contributed by atoms with Crippen LogP contribution >= 0.6 is 0 Å². The van der Waals surface area contributed by atoms with E-state index in [1.807, 2.05) is 0 Å². The number of benzene rings is 1. The average Bonchev–Trinajstić information content (AvgIpc) is 3.15. The largest absolute Gasteiger partial charge is 0.382 e. The van der Waals surface area contributed by atoms with Gasteiger partial charge in [0.15, 0.2) is 5.82 Å². The number of carbonyl (C=O) groups excluding carboxylic acids is 2. The minimum atomic E-state index is -1.05. The van der Waals surface area contributed by atoms with Gasteiger partial charge in [0.2, 0.25) is 5.91 Å². The van der Waals surface area contributed by atoms with Gasteiger partial charge in [-0.25, -0.2) is 9.50 Å². The molecule has 1 aliphatic heterocycles. The van der Waals surface area contributed by atoms with Crippen molar-refractivity contribution in [2.75, 3.05) is 23.7 Å². The van der Waals surface area contributed by atoms with E-state index in [1.165, 1.54) is 27.6 Å². The van der Waals surface area contributed by atoms with Gasteiger partial charge in [0, 0.05) is 25.6 Å². The molecular formula is C22H20N8O2. The molecule has 1 aromatic carbocycles. The monoisotopic (exact) mass is 428 g/mol. The molecule has 2 aromatic heterocycles. The minimum Gasteiger partial charge on any atom is -0.382 e. The lowest BCUT2D eigenvalue weighted by molar-refractivity contribution is -0.145. The highest BCUT2D eigenvalue weighted by Gasteiger charge is 2.44. The zero-order chi connectivity index (χ0) is 23.2. The van der Waals surface area contributed by atoms with E-state index in [2.05, 4.69) is 22.2 Å². The minimum absolute atomic E-state index is 0.175. The molecule has 4 rings (SSSR count). The van der Waals surface area contributed by atoms with Gasteiger partial charge in [-0.2, -0.15) is 15.6 Å². The number of rotatable bonds is 2. The van der Waals surface area contributed by atoms with Crippen molar-refractivity contribution in [3.05, 3.63) is 41.7 Å². The summed E-state index contributed by atoms with van der Waals surface area (Å²) in [5.41, 5.74) is 7.58. The summed E-state index contributed by atoms with van der Waals surface area (Å²) in [5, 5.41) is 23.4. The Morgan fingerprint density at radius 1 is 1.16 bits per heavy atom. The fraction of sp³-hybridized carbons (Fsp3) is 0.273. The van der Waals surface area contributed by atoms with Gasteiger partial charge in [0.25, 0.3) is 5.91 Å². The number of amides is 2. The van der Waals surface area contributed by atoms with Gasteiger partial charge in [-0.05, 0) is 32.0 Å². The predicted molar refractivity (Wildman–Crippen MR) is 116 cm³/mol. The first-order chi connectivity index (χ1) is 15.2. The Labute approximate surface area is 184 Å². The summed E-state index contributed by atoms with van der Waals surface area (Å²) in [6.45, 7) is 5.42. The predicted octanol–water partition coefficient (Wildman–Crippen LogP) is 1.70. The Balaban J connectivity index is 1.86. The normalized spacial score (nSPS) is 15.5. The maximum Gasteiger partial charge on any atom is 0.252 e. The van der Waals surface area contributed by atoms with Crippen molar-refractivity contribution >= 4 is 28.8 Å². The molecule has 10 heteroatoms. The summed E-state index contributed by atoms with van der Waals surface area (Å²) >= 11 is 0. The van der Waals surface area contributed by atoms with E-state index in [4.69, 9.17) is 5.73 Å². The molecule has 0 saturated carbocycles. The van der Waals surface area contributed by atoms with E-state index >= 15 is 0 Å². The number of fused-ring (bicyclic) bond motifs is 1. The van der Waals surface area contributed by atoms with Crippen molar-refractivity contribution in [2.45, 2.75) is 26.3 Å². The van der Waals surface area contributed by atoms with Crippen LogP contribution in [-0.2, 0) is 9.59 Å². The molecule has 1 aliphatic rings. The number of aromatic nitrogens is 3. The molecule has 0 radical (unpaired) electrons. The van der Waals surface area contributed by atoms with E-state index < -0.39 is 5.54 Å². The van der Waals surface area contributed by atoms with E-state index in [0.29, 0.717) is 40.1 Å². The Kier molecular flexibility index (Phi) is 4.79. The van der Waals surface area contributed by atoms with Crippen LogP contribution in [0.4, 0.5) is 11.5 Å². The zero-order valence-electron chi connectivity index (χ0n) is 17.8. The first-order valence-electron chi connectivity index (χ1n) is 9.87. The number of anilines is 2. The van der Waals surface area contributed by atoms with Crippen LogP contribution in [0.1, 0.15) is 31.9 Å². The smallest absolute Gasteiger partial charge is 0.252 e. The molecule has 0 spiro atoms. The second-order valence-electron chi connectivity index (χ2n) is 7.99. The second kappa shape index (κ2) is 7.36. The lowest BCUT2D eigenvalue weighted by Crippen LogP contribution is -2.64. The molecule has 32 heavy (non-hydrogen) atoms. The highest BCUT2D eigenvalue weighted by molar-refractivity contribution is 6.04. The fourth-order valence-electron chi connectivity index (χ4n) is 4.18. The highest BCUT2D eigenvalue weighted by Crippen LogP contribution is 2.34. The van der Waals surface area contributed by atoms with Crippen LogP contribution in [-0.4, -0.2) is 49.9 Å². The fourth-order valence-corrected chi connectivity index (χ4v) is 4.18. The van der Waals surface area contributed by atoms with Gasteiger partial charge < -0.3 is 15.5 Å². The lowest BCUT2D eigenvalue weighted by Gasteiger charge is -2.45. The van der Waals surface area contributed by atoms with E-state index in [1.54, 1.807) is 38.1 Å². The first kappa shape index (κ1) is 20.8. The van der Waals surface area contributed by atoms with E-state index in [0.717, 1.165) is 0 Å². The second-order valence-corrected chi connectivity index (χ2v) is 7.99. The number of hydrogen-bond acceptors (Lipinski definition) is 7. The molecule has 160 valence electrons. The topological polar surface area (TPSA) is 144 Å². The zero-order valence-corrected chi connectivity index (χ0v) is 17.8. The highest BCUT2D eigenvalue weighted by atomic mass is 16.2. The Hall–Kier alpha value is -4.44. The summed E-state index contributed by atoms with van der Waals surface area (Å²) in [4.78, 5) is 32.3. The summed E-state index contributed by atoms with van der Waals surface area (Å²) in [6.07, 6.45) is 1.30. The quantitative estimate of drug-likeness (QED) is 0.654. The average molecular weight is 428 g/mol. The Morgan fingerprint density at radius 3 is 2.53 bits per heavy atom. The summed E-state index contributed by atoms with van der Waals surface area (Å²) in [6, 6.07) is 10.9. The number of nitrogens with two attached hydrogens (primary N) is 1. The third kappa shape index (κ3) is 3.01. The summed E-state index contributed by atoms with van der Waals surface area (Å²) < 4.78 is 1.52.